The number of nitrogens with one attached hydrogen (secondary N) is 1. The van der Waals surface area contributed by atoms with E-state index in [0.29, 0.717) is 38.1 Å². The highest BCUT2D eigenvalue weighted by Crippen LogP contribution is 2.19. The standard InChI is InChI=1S/C12H26N2O2/c1-10(2)11(7-13)8-14-9-12(15)3-5-16-6-4-12/h10-11,14-15H,3-9,13H2,1-2H3. The van der Waals surface area contributed by atoms with Gasteiger partial charge in [-0.1, -0.05) is 13.8 Å². The zero-order chi connectivity index (χ0) is 12.0. The fourth-order valence-corrected chi connectivity index (χ4v) is 2.01. The second kappa shape index (κ2) is 6.55. The van der Waals surface area contributed by atoms with Gasteiger partial charge in [0.2, 0.25) is 0 Å². The number of rotatable bonds is 6. The highest BCUT2D eigenvalue weighted by atomic mass is 16.5. The molecule has 0 amide bonds. The molecule has 1 rings (SSSR count). The average molecular weight is 230 g/mol. The summed E-state index contributed by atoms with van der Waals surface area (Å²) in [6, 6.07) is 0. The van der Waals surface area contributed by atoms with E-state index in [1.807, 2.05) is 0 Å². The lowest BCUT2D eigenvalue weighted by atomic mass is 9.93. The first kappa shape index (κ1) is 13.9. The summed E-state index contributed by atoms with van der Waals surface area (Å²) < 4.78 is 5.24. The molecular formula is C12H26N2O2. The second-order valence-corrected chi connectivity index (χ2v) is 5.21. The van der Waals surface area contributed by atoms with Crippen molar-refractivity contribution < 1.29 is 9.84 Å². The van der Waals surface area contributed by atoms with Crippen LogP contribution in [0.2, 0.25) is 0 Å². The number of ether oxygens (including phenoxy) is 1. The van der Waals surface area contributed by atoms with Crippen LogP contribution >= 0.6 is 0 Å². The molecule has 4 N–H and O–H groups in total. The summed E-state index contributed by atoms with van der Waals surface area (Å²) in [6.07, 6.45) is 1.46. The van der Waals surface area contributed by atoms with Gasteiger partial charge in [0.1, 0.15) is 0 Å². The SMILES string of the molecule is CC(C)C(CN)CNCC1(O)CCOCC1. The Morgan fingerprint density at radius 1 is 1.38 bits per heavy atom. The first-order chi connectivity index (χ1) is 7.57. The molecule has 1 fully saturated rings. The maximum absolute atomic E-state index is 10.2. The van der Waals surface area contributed by atoms with Gasteiger partial charge in [0.25, 0.3) is 0 Å². The van der Waals surface area contributed by atoms with Crippen LogP contribution in [0.1, 0.15) is 26.7 Å². The van der Waals surface area contributed by atoms with E-state index in [1.54, 1.807) is 0 Å². The van der Waals surface area contributed by atoms with E-state index in [4.69, 9.17) is 10.5 Å². The third kappa shape index (κ3) is 4.37. The fraction of sp³-hybridized carbons (Fsp3) is 1.00. The van der Waals surface area contributed by atoms with Gasteiger partial charge in [0.05, 0.1) is 5.60 Å². The molecule has 1 aliphatic rings. The highest BCUT2D eigenvalue weighted by Gasteiger charge is 2.29. The van der Waals surface area contributed by atoms with Crippen LogP contribution in [-0.4, -0.2) is 43.6 Å². The van der Waals surface area contributed by atoms with Crippen LogP contribution in [-0.2, 0) is 4.74 Å². The molecule has 16 heavy (non-hydrogen) atoms. The minimum Gasteiger partial charge on any atom is -0.388 e. The first-order valence-corrected chi connectivity index (χ1v) is 6.28. The summed E-state index contributed by atoms with van der Waals surface area (Å²) in [7, 11) is 0. The van der Waals surface area contributed by atoms with E-state index in [0.717, 1.165) is 19.4 Å². The van der Waals surface area contributed by atoms with Crippen LogP contribution in [0.3, 0.4) is 0 Å². The Morgan fingerprint density at radius 3 is 2.50 bits per heavy atom. The molecule has 0 saturated carbocycles. The summed E-state index contributed by atoms with van der Waals surface area (Å²) in [6.45, 7) is 7.94. The molecule has 4 nitrogen and oxygen atoms in total. The number of aliphatic hydroxyl groups is 1. The highest BCUT2D eigenvalue weighted by molar-refractivity contribution is 4.84. The average Bonchev–Trinajstić information content (AvgIpc) is 2.25. The van der Waals surface area contributed by atoms with Crippen LogP contribution < -0.4 is 11.1 Å². The molecule has 96 valence electrons. The Hall–Kier alpha value is -0.160. The molecule has 0 aromatic carbocycles. The molecule has 1 atom stereocenters. The Kier molecular flexibility index (Phi) is 5.69. The molecule has 0 aliphatic carbocycles. The lowest BCUT2D eigenvalue weighted by Crippen LogP contribution is -2.46. The third-order valence-electron chi connectivity index (χ3n) is 3.53. The molecule has 0 spiro atoms. The quantitative estimate of drug-likeness (QED) is 0.616. The van der Waals surface area contributed by atoms with Crippen molar-refractivity contribution >= 4 is 0 Å². The van der Waals surface area contributed by atoms with Crippen LogP contribution in [0.5, 0.6) is 0 Å². The summed E-state index contributed by atoms with van der Waals surface area (Å²) in [4.78, 5) is 0. The summed E-state index contributed by atoms with van der Waals surface area (Å²) in [5.41, 5.74) is 5.13. The molecular weight excluding hydrogens is 204 g/mol. The van der Waals surface area contributed by atoms with Crippen molar-refractivity contribution in [1.29, 1.82) is 0 Å². The monoisotopic (exact) mass is 230 g/mol. The van der Waals surface area contributed by atoms with Gasteiger partial charge in [-0.25, -0.2) is 0 Å². The lowest BCUT2D eigenvalue weighted by Gasteiger charge is -2.33. The molecule has 0 radical (unpaired) electrons. The smallest absolute Gasteiger partial charge is 0.0815 e. The largest absolute Gasteiger partial charge is 0.388 e. The molecule has 0 aromatic heterocycles. The van der Waals surface area contributed by atoms with Gasteiger partial charge in [0.15, 0.2) is 0 Å². The lowest BCUT2D eigenvalue weighted by molar-refractivity contribution is -0.0619. The third-order valence-corrected chi connectivity index (χ3v) is 3.53. The zero-order valence-corrected chi connectivity index (χ0v) is 10.5. The van der Waals surface area contributed by atoms with Crippen LogP contribution in [0.25, 0.3) is 0 Å². The van der Waals surface area contributed by atoms with Gasteiger partial charge in [-0.05, 0) is 24.9 Å². The van der Waals surface area contributed by atoms with E-state index >= 15 is 0 Å². The molecule has 0 aromatic rings. The van der Waals surface area contributed by atoms with Gasteiger partial charge in [-0.3, -0.25) is 0 Å². The zero-order valence-electron chi connectivity index (χ0n) is 10.5. The molecule has 1 aliphatic heterocycles. The van der Waals surface area contributed by atoms with E-state index < -0.39 is 5.60 Å². The second-order valence-electron chi connectivity index (χ2n) is 5.21. The van der Waals surface area contributed by atoms with E-state index in [9.17, 15) is 5.11 Å². The van der Waals surface area contributed by atoms with Gasteiger partial charge in [-0.15, -0.1) is 0 Å². The topological polar surface area (TPSA) is 67.5 Å². The summed E-state index contributed by atoms with van der Waals surface area (Å²) >= 11 is 0. The van der Waals surface area contributed by atoms with Crippen LogP contribution in [0.15, 0.2) is 0 Å². The predicted molar refractivity (Wildman–Crippen MR) is 65.3 cm³/mol. The number of hydrogen-bond donors (Lipinski definition) is 3. The van der Waals surface area contributed by atoms with Crippen molar-refractivity contribution in [2.45, 2.75) is 32.3 Å². The predicted octanol–water partition coefficient (Wildman–Crippen LogP) is 0.348. The van der Waals surface area contributed by atoms with Gasteiger partial charge >= 0.3 is 0 Å². The Labute approximate surface area is 98.5 Å². The number of nitrogens with two attached hydrogens (primary N) is 1. The molecule has 1 saturated heterocycles. The maximum Gasteiger partial charge on any atom is 0.0815 e. The van der Waals surface area contributed by atoms with Crippen molar-refractivity contribution in [3.05, 3.63) is 0 Å². The Morgan fingerprint density at radius 2 is 2.00 bits per heavy atom. The first-order valence-electron chi connectivity index (χ1n) is 6.28. The minimum atomic E-state index is -0.575. The summed E-state index contributed by atoms with van der Waals surface area (Å²) in [5, 5.41) is 13.6. The maximum atomic E-state index is 10.2. The Bertz CT molecular complexity index is 191. The van der Waals surface area contributed by atoms with Gasteiger partial charge < -0.3 is 20.9 Å². The van der Waals surface area contributed by atoms with Crippen molar-refractivity contribution in [1.82, 2.24) is 5.32 Å². The normalized spacial score (nSPS) is 22.3. The fourth-order valence-electron chi connectivity index (χ4n) is 2.01. The van der Waals surface area contributed by atoms with Crippen LogP contribution in [0.4, 0.5) is 0 Å². The van der Waals surface area contributed by atoms with Crippen molar-refractivity contribution in [3.8, 4) is 0 Å². The van der Waals surface area contributed by atoms with E-state index in [1.165, 1.54) is 0 Å². The molecule has 1 unspecified atom stereocenters. The van der Waals surface area contributed by atoms with Crippen molar-refractivity contribution in [2.75, 3.05) is 32.8 Å². The van der Waals surface area contributed by atoms with E-state index in [-0.39, 0.29) is 0 Å². The van der Waals surface area contributed by atoms with Gasteiger partial charge in [-0.2, -0.15) is 0 Å². The molecule has 1 heterocycles. The Balaban J connectivity index is 2.22. The minimum absolute atomic E-state index is 0.489. The number of hydrogen-bond acceptors (Lipinski definition) is 4. The molecule has 0 bridgehead atoms. The molecule has 4 heteroatoms. The van der Waals surface area contributed by atoms with Crippen LogP contribution in [0, 0.1) is 11.8 Å². The van der Waals surface area contributed by atoms with Crippen molar-refractivity contribution in [2.24, 2.45) is 17.6 Å². The van der Waals surface area contributed by atoms with Crippen molar-refractivity contribution in [3.63, 3.8) is 0 Å². The van der Waals surface area contributed by atoms with Gasteiger partial charge in [0, 0.05) is 32.6 Å². The summed E-state index contributed by atoms with van der Waals surface area (Å²) in [5.74, 6) is 1.07. The van der Waals surface area contributed by atoms with E-state index in [2.05, 4.69) is 19.2 Å².